The molecule has 5 N–H and O–H groups in total. The summed E-state index contributed by atoms with van der Waals surface area (Å²) in [5.74, 6) is -1.02. The fourth-order valence-electron chi connectivity index (χ4n) is 3.24. The molecular formula is C23H27N5O4S. The number of furan rings is 1. The van der Waals surface area contributed by atoms with Gasteiger partial charge in [-0.25, -0.2) is 0 Å². The highest BCUT2D eigenvalue weighted by atomic mass is 32.1. The minimum Gasteiger partial charge on any atom is -0.464 e. The van der Waals surface area contributed by atoms with Gasteiger partial charge >= 0.3 is 0 Å². The normalized spacial score (nSPS) is 12.3. The van der Waals surface area contributed by atoms with Crippen LogP contribution in [0.4, 0.5) is 11.4 Å². The Morgan fingerprint density at radius 3 is 2.21 bits per heavy atom. The lowest BCUT2D eigenvalue weighted by atomic mass is 10.0. The molecule has 0 saturated heterocycles. The van der Waals surface area contributed by atoms with Crippen LogP contribution in [0.15, 0.2) is 40.8 Å². The molecule has 174 valence electrons. The summed E-state index contributed by atoms with van der Waals surface area (Å²) in [7, 11) is 0. The summed E-state index contributed by atoms with van der Waals surface area (Å²) in [4.78, 5) is 40.3. The van der Waals surface area contributed by atoms with Crippen molar-refractivity contribution >= 4 is 40.6 Å². The van der Waals surface area contributed by atoms with Gasteiger partial charge in [0.05, 0.1) is 5.69 Å². The maximum atomic E-state index is 13.8. The summed E-state index contributed by atoms with van der Waals surface area (Å²) in [5.41, 5.74) is 11.9. The van der Waals surface area contributed by atoms with Crippen molar-refractivity contribution in [3.63, 3.8) is 0 Å². The highest BCUT2D eigenvalue weighted by molar-refractivity contribution is 7.09. The van der Waals surface area contributed by atoms with Crippen molar-refractivity contribution in [1.82, 2.24) is 9.69 Å². The van der Waals surface area contributed by atoms with Gasteiger partial charge in [0.25, 0.3) is 17.7 Å². The van der Waals surface area contributed by atoms with E-state index >= 15 is 0 Å². The number of primary amides is 1. The molecule has 0 aliphatic carbocycles. The van der Waals surface area contributed by atoms with E-state index in [4.69, 9.17) is 15.9 Å². The molecule has 1 atom stereocenters. The van der Waals surface area contributed by atoms with Crippen molar-refractivity contribution in [3.8, 4) is 0 Å². The van der Waals surface area contributed by atoms with E-state index in [9.17, 15) is 14.4 Å². The van der Waals surface area contributed by atoms with E-state index in [0.717, 1.165) is 17.1 Å². The number of hydrogen-bond donors (Lipinski definition) is 3. The largest absolute Gasteiger partial charge is 0.464 e. The third-order valence-corrected chi connectivity index (χ3v) is 5.57. The standard InChI is InChI=1S/C23H27N5O4S/c1-12-6-9-14(10-7-12)28(22(31)19-16(24)17(20(25)29)27-33-19)18(15-11-8-13(2)32-15)21(30)26-23(3,4)5/h6-11,18H,24H2,1-5H3,(H2,25,29)(H,26,30). The summed E-state index contributed by atoms with van der Waals surface area (Å²) in [6.07, 6.45) is 0. The molecule has 0 spiro atoms. The van der Waals surface area contributed by atoms with Crippen LogP contribution in [0.5, 0.6) is 0 Å². The van der Waals surface area contributed by atoms with Crippen LogP contribution in [0.2, 0.25) is 0 Å². The van der Waals surface area contributed by atoms with E-state index in [0.29, 0.717) is 11.4 Å². The fraction of sp³-hybridized carbons (Fsp3) is 0.304. The number of aryl methyl sites for hydroxylation is 2. The Kier molecular flexibility index (Phi) is 6.59. The zero-order valence-electron chi connectivity index (χ0n) is 19.1. The predicted molar refractivity (Wildman–Crippen MR) is 127 cm³/mol. The Bertz CT molecular complexity index is 1190. The molecule has 3 aromatic rings. The van der Waals surface area contributed by atoms with Gasteiger partial charge < -0.3 is 21.2 Å². The maximum absolute atomic E-state index is 13.8. The second kappa shape index (κ2) is 9.07. The van der Waals surface area contributed by atoms with Crippen molar-refractivity contribution < 1.29 is 18.8 Å². The van der Waals surface area contributed by atoms with Crippen LogP contribution in [0, 0.1) is 13.8 Å². The van der Waals surface area contributed by atoms with Crippen molar-refractivity contribution in [1.29, 1.82) is 0 Å². The van der Waals surface area contributed by atoms with Gasteiger partial charge in [0.1, 0.15) is 16.4 Å². The number of carbonyl (C=O) groups is 3. The number of anilines is 2. The number of hydrogen-bond acceptors (Lipinski definition) is 7. The molecule has 0 fully saturated rings. The van der Waals surface area contributed by atoms with Gasteiger partial charge in [0, 0.05) is 11.2 Å². The molecule has 9 nitrogen and oxygen atoms in total. The van der Waals surface area contributed by atoms with Gasteiger partial charge in [-0.3, -0.25) is 19.3 Å². The van der Waals surface area contributed by atoms with E-state index in [1.165, 1.54) is 4.90 Å². The minimum atomic E-state index is -1.15. The van der Waals surface area contributed by atoms with Crippen LogP contribution in [0.1, 0.15) is 64.1 Å². The quantitative estimate of drug-likeness (QED) is 0.505. The van der Waals surface area contributed by atoms with Gasteiger partial charge in [-0.1, -0.05) is 17.7 Å². The summed E-state index contributed by atoms with van der Waals surface area (Å²) in [6, 6.07) is 9.34. The lowest BCUT2D eigenvalue weighted by molar-refractivity contribution is -0.124. The van der Waals surface area contributed by atoms with Crippen molar-refractivity contribution in [2.45, 2.75) is 46.2 Å². The third kappa shape index (κ3) is 5.23. The van der Waals surface area contributed by atoms with E-state index in [1.54, 1.807) is 31.2 Å². The van der Waals surface area contributed by atoms with Crippen molar-refractivity contribution in [2.24, 2.45) is 5.73 Å². The summed E-state index contributed by atoms with van der Waals surface area (Å²) in [5, 5.41) is 2.92. The number of amides is 3. The van der Waals surface area contributed by atoms with Crippen LogP contribution in [-0.2, 0) is 4.79 Å². The zero-order chi connectivity index (χ0) is 24.5. The molecule has 0 aliphatic rings. The highest BCUT2D eigenvalue weighted by Crippen LogP contribution is 2.34. The van der Waals surface area contributed by atoms with E-state index in [-0.39, 0.29) is 22.0 Å². The monoisotopic (exact) mass is 469 g/mol. The molecule has 0 saturated carbocycles. The van der Waals surface area contributed by atoms with Gasteiger partial charge in [-0.2, -0.15) is 4.37 Å². The number of nitrogens with one attached hydrogen (secondary N) is 1. The van der Waals surface area contributed by atoms with Gasteiger partial charge in [0.15, 0.2) is 11.7 Å². The molecule has 0 bridgehead atoms. The van der Waals surface area contributed by atoms with Crippen LogP contribution in [0.25, 0.3) is 0 Å². The Hall–Kier alpha value is -3.66. The molecule has 33 heavy (non-hydrogen) atoms. The van der Waals surface area contributed by atoms with Crippen LogP contribution in [-0.4, -0.2) is 27.6 Å². The summed E-state index contributed by atoms with van der Waals surface area (Å²) < 4.78 is 9.73. The lowest BCUT2D eigenvalue weighted by Crippen LogP contribution is -2.49. The smallest absolute Gasteiger partial charge is 0.273 e. The molecular weight excluding hydrogens is 442 g/mol. The first kappa shape index (κ1) is 24.0. The first-order valence-corrected chi connectivity index (χ1v) is 11.0. The molecule has 2 heterocycles. The van der Waals surface area contributed by atoms with Gasteiger partial charge in [-0.05, 0) is 70.4 Å². The van der Waals surface area contributed by atoms with Crippen LogP contribution >= 0.6 is 11.5 Å². The Morgan fingerprint density at radius 2 is 1.73 bits per heavy atom. The maximum Gasteiger partial charge on any atom is 0.273 e. The zero-order valence-corrected chi connectivity index (χ0v) is 19.9. The van der Waals surface area contributed by atoms with Crippen LogP contribution in [0.3, 0.4) is 0 Å². The first-order valence-electron chi connectivity index (χ1n) is 10.2. The second-order valence-electron chi connectivity index (χ2n) is 8.74. The minimum absolute atomic E-state index is 0.00112. The third-order valence-electron chi connectivity index (χ3n) is 4.72. The fourth-order valence-corrected chi connectivity index (χ4v) is 3.98. The average Bonchev–Trinajstić information content (AvgIpc) is 3.30. The summed E-state index contributed by atoms with van der Waals surface area (Å²) in [6.45, 7) is 9.19. The lowest BCUT2D eigenvalue weighted by Gasteiger charge is -2.32. The number of benzene rings is 1. The van der Waals surface area contributed by atoms with E-state index < -0.39 is 29.3 Å². The Morgan fingerprint density at radius 1 is 1.09 bits per heavy atom. The highest BCUT2D eigenvalue weighted by Gasteiger charge is 2.38. The predicted octanol–water partition coefficient (Wildman–Crippen LogP) is 3.34. The molecule has 3 amide bonds. The molecule has 2 aromatic heterocycles. The number of nitrogens with zero attached hydrogens (tertiary/aromatic N) is 2. The van der Waals surface area contributed by atoms with Gasteiger partial charge in [-0.15, -0.1) is 0 Å². The van der Waals surface area contributed by atoms with E-state index in [1.807, 2.05) is 39.8 Å². The first-order chi connectivity index (χ1) is 15.4. The molecule has 1 aromatic carbocycles. The van der Waals surface area contributed by atoms with Crippen molar-refractivity contribution in [3.05, 3.63) is 64.1 Å². The number of carbonyl (C=O) groups excluding carboxylic acids is 3. The molecule has 3 rings (SSSR count). The topological polar surface area (TPSA) is 145 Å². The average molecular weight is 470 g/mol. The Balaban J connectivity index is 2.20. The molecule has 0 radical (unpaired) electrons. The SMILES string of the molecule is Cc1ccc(N(C(=O)c2snc(C(N)=O)c2N)C(C(=O)NC(C)(C)C)c2ccc(C)o2)cc1. The second-order valence-corrected chi connectivity index (χ2v) is 9.51. The van der Waals surface area contributed by atoms with E-state index in [2.05, 4.69) is 9.69 Å². The number of nitrogens with two attached hydrogens (primary N) is 2. The Labute approximate surface area is 195 Å². The van der Waals surface area contributed by atoms with Crippen LogP contribution < -0.4 is 21.7 Å². The molecule has 0 aliphatic heterocycles. The summed E-state index contributed by atoms with van der Waals surface area (Å²) >= 11 is 0.752. The molecule has 1 unspecified atom stereocenters. The van der Waals surface area contributed by atoms with Gasteiger partial charge in [0.2, 0.25) is 0 Å². The number of aromatic nitrogens is 1. The number of nitrogen functional groups attached to an aromatic ring is 1. The van der Waals surface area contributed by atoms with Crippen molar-refractivity contribution in [2.75, 3.05) is 10.6 Å². The molecule has 10 heteroatoms. The number of rotatable bonds is 6.